The summed E-state index contributed by atoms with van der Waals surface area (Å²) in [5.74, 6) is 1.57. The van der Waals surface area contributed by atoms with Crippen LogP contribution in [0.25, 0.3) is 0 Å². The lowest BCUT2D eigenvalue weighted by Gasteiger charge is -2.32. The van der Waals surface area contributed by atoms with Gasteiger partial charge in [-0.05, 0) is 54.0 Å². The summed E-state index contributed by atoms with van der Waals surface area (Å²) < 4.78 is 3.31. The van der Waals surface area contributed by atoms with Crippen LogP contribution in [0.2, 0.25) is 0 Å². The molecular formula is C17H30BrN3. The minimum atomic E-state index is 0.266. The molecule has 2 N–H and O–H groups in total. The van der Waals surface area contributed by atoms with Crippen molar-refractivity contribution in [1.82, 2.24) is 9.78 Å². The zero-order valence-corrected chi connectivity index (χ0v) is 15.3. The summed E-state index contributed by atoms with van der Waals surface area (Å²) in [5, 5.41) is 4.69. The fourth-order valence-electron chi connectivity index (χ4n) is 3.69. The number of hydrogen-bond acceptors (Lipinski definition) is 2. The third kappa shape index (κ3) is 3.89. The second-order valence-corrected chi connectivity index (χ2v) is 7.24. The molecular weight excluding hydrogens is 326 g/mol. The van der Waals surface area contributed by atoms with Gasteiger partial charge in [-0.15, -0.1) is 0 Å². The molecule has 21 heavy (non-hydrogen) atoms. The van der Waals surface area contributed by atoms with Crippen molar-refractivity contribution in [2.45, 2.75) is 78.3 Å². The van der Waals surface area contributed by atoms with Crippen molar-refractivity contribution in [3.63, 3.8) is 0 Å². The summed E-state index contributed by atoms with van der Waals surface area (Å²) >= 11 is 3.74. The van der Waals surface area contributed by atoms with Crippen molar-refractivity contribution in [1.29, 1.82) is 0 Å². The van der Waals surface area contributed by atoms with Gasteiger partial charge in [-0.1, -0.05) is 33.1 Å². The van der Waals surface area contributed by atoms with E-state index in [0.29, 0.717) is 5.92 Å². The van der Waals surface area contributed by atoms with E-state index in [1.54, 1.807) is 0 Å². The number of hydrogen-bond donors (Lipinski definition) is 1. The van der Waals surface area contributed by atoms with E-state index in [0.717, 1.165) is 31.0 Å². The maximum atomic E-state index is 6.58. The van der Waals surface area contributed by atoms with E-state index in [9.17, 15) is 0 Å². The molecule has 1 aliphatic rings. The Morgan fingerprint density at radius 1 is 1.33 bits per heavy atom. The topological polar surface area (TPSA) is 43.8 Å². The van der Waals surface area contributed by atoms with E-state index in [1.807, 2.05) is 0 Å². The molecule has 0 aromatic carbocycles. The van der Waals surface area contributed by atoms with E-state index in [1.165, 1.54) is 42.3 Å². The smallest absolute Gasteiger partial charge is 0.0766 e. The quantitative estimate of drug-likeness (QED) is 0.825. The third-order valence-electron chi connectivity index (χ3n) is 5.13. The van der Waals surface area contributed by atoms with Crippen molar-refractivity contribution in [3.05, 3.63) is 15.9 Å². The van der Waals surface area contributed by atoms with Gasteiger partial charge in [-0.2, -0.15) is 5.10 Å². The van der Waals surface area contributed by atoms with Gasteiger partial charge < -0.3 is 5.73 Å². The first-order valence-corrected chi connectivity index (χ1v) is 9.39. The molecule has 1 heterocycles. The van der Waals surface area contributed by atoms with Crippen molar-refractivity contribution >= 4 is 15.9 Å². The zero-order valence-electron chi connectivity index (χ0n) is 13.7. The molecule has 0 bridgehead atoms. The Morgan fingerprint density at radius 3 is 2.71 bits per heavy atom. The average Bonchev–Trinajstić information content (AvgIpc) is 2.83. The molecule has 2 rings (SSSR count). The molecule has 0 saturated heterocycles. The summed E-state index contributed by atoms with van der Waals surface area (Å²) in [4.78, 5) is 0. The van der Waals surface area contributed by atoms with Gasteiger partial charge in [-0.3, -0.25) is 4.68 Å². The molecule has 1 aliphatic carbocycles. The van der Waals surface area contributed by atoms with Crippen LogP contribution in [0.15, 0.2) is 4.47 Å². The van der Waals surface area contributed by atoms with E-state index in [4.69, 9.17) is 10.8 Å². The first-order chi connectivity index (χ1) is 10.1. The fraction of sp³-hybridized carbons (Fsp3) is 0.824. The Balaban J connectivity index is 2.08. The largest absolute Gasteiger partial charge is 0.327 e. The molecule has 0 radical (unpaired) electrons. The Morgan fingerprint density at radius 2 is 2.10 bits per heavy atom. The van der Waals surface area contributed by atoms with Gasteiger partial charge in [-0.25, -0.2) is 0 Å². The molecule has 1 saturated carbocycles. The molecule has 120 valence electrons. The Hall–Kier alpha value is -0.350. The summed E-state index contributed by atoms with van der Waals surface area (Å²) in [6, 6.07) is 0.266. The SMILES string of the molecule is CCc1nn(CC)c(CC(N)C2CCCC(CC)C2)c1Br. The van der Waals surface area contributed by atoms with Crippen LogP contribution in [0, 0.1) is 11.8 Å². The standard InChI is InChI=1S/C17H30BrN3/c1-4-12-8-7-9-13(10-12)14(19)11-16-17(18)15(5-2)20-21(16)6-3/h12-14H,4-11,19H2,1-3H3. The van der Waals surface area contributed by atoms with Gasteiger partial charge in [0.2, 0.25) is 0 Å². The number of aryl methyl sites for hydroxylation is 2. The lowest BCUT2D eigenvalue weighted by Crippen LogP contribution is -2.36. The van der Waals surface area contributed by atoms with Crippen LogP contribution in [0.4, 0.5) is 0 Å². The summed E-state index contributed by atoms with van der Waals surface area (Å²) in [6.07, 6.45) is 8.59. The number of rotatable bonds is 6. The van der Waals surface area contributed by atoms with Gasteiger partial charge >= 0.3 is 0 Å². The molecule has 0 spiro atoms. The van der Waals surface area contributed by atoms with Gasteiger partial charge in [0, 0.05) is 19.0 Å². The second-order valence-electron chi connectivity index (χ2n) is 6.45. The lowest BCUT2D eigenvalue weighted by atomic mass is 9.76. The lowest BCUT2D eigenvalue weighted by molar-refractivity contribution is 0.227. The Bertz CT molecular complexity index is 455. The van der Waals surface area contributed by atoms with Gasteiger partial charge in [0.15, 0.2) is 0 Å². The summed E-state index contributed by atoms with van der Waals surface area (Å²) in [7, 11) is 0. The predicted octanol–water partition coefficient (Wildman–Crippen LogP) is 4.31. The Labute approximate surface area is 137 Å². The maximum absolute atomic E-state index is 6.58. The van der Waals surface area contributed by atoms with Crippen LogP contribution in [-0.4, -0.2) is 15.8 Å². The Kier molecular flexibility index (Phi) is 6.30. The van der Waals surface area contributed by atoms with Crippen LogP contribution < -0.4 is 5.73 Å². The molecule has 1 fully saturated rings. The van der Waals surface area contributed by atoms with Crippen molar-refractivity contribution < 1.29 is 0 Å². The van der Waals surface area contributed by atoms with Crippen molar-refractivity contribution in [2.75, 3.05) is 0 Å². The molecule has 0 amide bonds. The van der Waals surface area contributed by atoms with Crippen LogP contribution in [0.3, 0.4) is 0 Å². The van der Waals surface area contributed by atoms with Crippen molar-refractivity contribution in [2.24, 2.45) is 17.6 Å². The normalized spacial score (nSPS) is 24.2. The molecule has 3 atom stereocenters. The minimum Gasteiger partial charge on any atom is -0.327 e. The second kappa shape index (κ2) is 7.77. The highest BCUT2D eigenvalue weighted by atomic mass is 79.9. The number of aromatic nitrogens is 2. The van der Waals surface area contributed by atoms with Gasteiger partial charge in [0.05, 0.1) is 15.9 Å². The first kappa shape index (κ1) is 17.0. The van der Waals surface area contributed by atoms with E-state index in [-0.39, 0.29) is 6.04 Å². The van der Waals surface area contributed by atoms with Crippen LogP contribution in [0.5, 0.6) is 0 Å². The molecule has 0 aliphatic heterocycles. The van der Waals surface area contributed by atoms with E-state index in [2.05, 4.69) is 41.4 Å². The first-order valence-electron chi connectivity index (χ1n) is 8.60. The third-order valence-corrected chi connectivity index (χ3v) is 6.04. The van der Waals surface area contributed by atoms with Crippen LogP contribution >= 0.6 is 15.9 Å². The fourth-order valence-corrected chi connectivity index (χ4v) is 4.42. The van der Waals surface area contributed by atoms with Crippen LogP contribution in [0.1, 0.15) is 64.3 Å². The number of nitrogens with zero attached hydrogens (tertiary/aromatic N) is 2. The molecule has 3 nitrogen and oxygen atoms in total. The minimum absolute atomic E-state index is 0.266. The monoisotopic (exact) mass is 355 g/mol. The highest BCUT2D eigenvalue weighted by molar-refractivity contribution is 9.10. The summed E-state index contributed by atoms with van der Waals surface area (Å²) in [5.41, 5.74) is 9.03. The summed E-state index contributed by atoms with van der Waals surface area (Å²) in [6.45, 7) is 7.54. The average molecular weight is 356 g/mol. The maximum Gasteiger partial charge on any atom is 0.0766 e. The van der Waals surface area contributed by atoms with Gasteiger partial charge in [0.1, 0.15) is 0 Å². The van der Waals surface area contributed by atoms with E-state index < -0.39 is 0 Å². The predicted molar refractivity (Wildman–Crippen MR) is 92.4 cm³/mol. The number of halogens is 1. The molecule has 1 aromatic rings. The molecule has 3 unspecified atom stereocenters. The zero-order chi connectivity index (χ0) is 15.4. The van der Waals surface area contributed by atoms with E-state index >= 15 is 0 Å². The molecule has 1 aromatic heterocycles. The molecule has 4 heteroatoms. The van der Waals surface area contributed by atoms with Crippen LogP contribution in [-0.2, 0) is 19.4 Å². The highest BCUT2D eigenvalue weighted by Crippen LogP contribution is 2.34. The number of nitrogens with two attached hydrogens (primary N) is 1. The van der Waals surface area contributed by atoms with Crippen molar-refractivity contribution in [3.8, 4) is 0 Å². The van der Waals surface area contributed by atoms with Gasteiger partial charge in [0.25, 0.3) is 0 Å². The highest BCUT2D eigenvalue weighted by Gasteiger charge is 2.27.